The molecule has 1 rings (SSSR count). The lowest BCUT2D eigenvalue weighted by Crippen LogP contribution is -2.10. The Morgan fingerprint density at radius 2 is 2.08 bits per heavy atom. The first-order valence-electron chi connectivity index (χ1n) is 3.75. The quantitative estimate of drug-likeness (QED) is 0.587. The lowest BCUT2D eigenvalue weighted by atomic mass is 10.2. The molecule has 1 aromatic rings. The van der Waals surface area contributed by atoms with Gasteiger partial charge in [0.25, 0.3) is 0 Å². The summed E-state index contributed by atoms with van der Waals surface area (Å²) in [6.45, 7) is 0. The zero-order valence-electron chi connectivity index (χ0n) is 7.32. The van der Waals surface area contributed by atoms with E-state index in [1.807, 2.05) is 12.1 Å². The molecule has 0 saturated heterocycles. The fourth-order valence-electron chi connectivity index (χ4n) is 0.842. The predicted octanol–water partition coefficient (Wildman–Crippen LogP) is 1.48. The van der Waals surface area contributed by atoms with Crippen molar-refractivity contribution in [3.63, 3.8) is 0 Å². The van der Waals surface area contributed by atoms with E-state index in [-0.39, 0.29) is 0 Å². The van der Waals surface area contributed by atoms with Crippen molar-refractivity contribution >= 4 is 17.7 Å². The first-order valence-corrected chi connectivity index (χ1v) is 4.74. The second-order valence-electron chi connectivity index (χ2n) is 2.44. The molecule has 1 aromatic carbocycles. The molecule has 2 N–H and O–H groups in total. The van der Waals surface area contributed by atoms with Crippen molar-refractivity contribution in [2.24, 2.45) is 5.73 Å². The molecule has 0 fully saturated rings. The minimum absolute atomic E-state index is 0.400. The summed E-state index contributed by atoms with van der Waals surface area (Å²) in [6.07, 6.45) is 0. The third kappa shape index (κ3) is 3.08. The van der Waals surface area contributed by atoms with Crippen molar-refractivity contribution in [2.45, 2.75) is 4.90 Å². The molecule has 70 valence electrons. The first kappa shape index (κ1) is 10.1. The molecular formula is C9H11NO2S. The first-order chi connectivity index (χ1) is 6.24. The Labute approximate surface area is 81.3 Å². The number of ether oxygens (including phenoxy) is 1. The smallest absolute Gasteiger partial charge is 0.248 e. The molecule has 0 aliphatic carbocycles. The average molecular weight is 197 g/mol. The van der Waals surface area contributed by atoms with Crippen LogP contribution in [0.25, 0.3) is 0 Å². The molecule has 0 radical (unpaired) electrons. The molecule has 3 nitrogen and oxygen atoms in total. The summed E-state index contributed by atoms with van der Waals surface area (Å²) in [5.41, 5.74) is 5.62. The van der Waals surface area contributed by atoms with Crippen molar-refractivity contribution < 1.29 is 9.53 Å². The Morgan fingerprint density at radius 3 is 2.54 bits per heavy atom. The van der Waals surface area contributed by atoms with E-state index in [9.17, 15) is 4.79 Å². The molecule has 0 heterocycles. The van der Waals surface area contributed by atoms with Gasteiger partial charge in [-0.15, -0.1) is 0 Å². The maximum atomic E-state index is 10.7. The number of rotatable bonds is 4. The highest BCUT2D eigenvalue weighted by Gasteiger charge is 1.99. The maximum absolute atomic E-state index is 10.7. The Bertz CT molecular complexity index is 284. The molecule has 13 heavy (non-hydrogen) atoms. The van der Waals surface area contributed by atoms with Crippen LogP contribution in [0.3, 0.4) is 0 Å². The molecule has 0 spiro atoms. The fourth-order valence-corrected chi connectivity index (χ4v) is 1.42. The van der Waals surface area contributed by atoms with Crippen LogP contribution < -0.4 is 5.73 Å². The van der Waals surface area contributed by atoms with E-state index >= 15 is 0 Å². The second kappa shape index (κ2) is 4.89. The molecule has 0 unspecified atom stereocenters. The highest BCUT2D eigenvalue weighted by molar-refractivity contribution is 7.99. The van der Waals surface area contributed by atoms with Crippen LogP contribution >= 0.6 is 11.8 Å². The Balaban J connectivity index is 2.64. The van der Waals surface area contributed by atoms with E-state index in [4.69, 9.17) is 10.5 Å². The minimum Gasteiger partial charge on any atom is -0.374 e. The van der Waals surface area contributed by atoms with Crippen molar-refractivity contribution in [3.05, 3.63) is 29.8 Å². The summed E-state index contributed by atoms with van der Waals surface area (Å²) >= 11 is 1.57. The number of hydrogen-bond donors (Lipinski definition) is 1. The monoisotopic (exact) mass is 197 g/mol. The van der Waals surface area contributed by atoms with Crippen molar-refractivity contribution in [1.29, 1.82) is 0 Å². The van der Waals surface area contributed by atoms with Gasteiger partial charge < -0.3 is 10.5 Å². The molecule has 0 bridgehead atoms. The van der Waals surface area contributed by atoms with Gasteiger partial charge in [0, 0.05) is 17.6 Å². The Morgan fingerprint density at radius 1 is 1.46 bits per heavy atom. The zero-order chi connectivity index (χ0) is 9.68. The van der Waals surface area contributed by atoms with Gasteiger partial charge in [0.2, 0.25) is 5.91 Å². The minimum atomic E-state index is -0.400. The van der Waals surface area contributed by atoms with Gasteiger partial charge in [0.1, 0.15) is 0 Å². The lowest BCUT2D eigenvalue weighted by Gasteiger charge is -2.00. The Kier molecular flexibility index (Phi) is 3.79. The highest BCUT2D eigenvalue weighted by Crippen LogP contribution is 2.17. The number of primary amides is 1. The van der Waals surface area contributed by atoms with E-state index < -0.39 is 5.91 Å². The SMILES string of the molecule is COCSc1ccc(C(N)=O)cc1. The van der Waals surface area contributed by atoms with Gasteiger partial charge in [-0.1, -0.05) is 11.8 Å². The predicted molar refractivity (Wildman–Crippen MR) is 52.7 cm³/mol. The van der Waals surface area contributed by atoms with Crippen LogP contribution in [-0.4, -0.2) is 19.0 Å². The van der Waals surface area contributed by atoms with Crippen LogP contribution in [0, 0.1) is 0 Å². The molecule has 0 aliphatic heterocycles. The molecule has 0 aromatic heterocycles. The normalized spacial score (nSPS) is 9.92. The van der Waals surface area contributed by atoms with Gasteiger partial charge in [-0.3, -0.25) is 4.79 Å². The fraction of sp³-hybridized carbons (Fsp3) is 0.222. The van der Waals surface area contributed by atoms with Crippen LogP contribution in [0.2, 0.25) is 0 Å². The van der Waals surface area contributed by atoms with Crippen LogP contribution in [0.1, 0.15) is 10.4 Å². The lowest BCUT2D eigenvalue weighted by molar-refractivity contribution is 0.100. The standard InChI is InChI=1S/C9H11NO2S/c1-12-6-13-8-4-2-7(3-5-8)9(10)11/h2-5H,6H2,1H3,(H2,10,11). The molecule has 0 atom stereocenters. The number of carbonyl (C=O) groups excluding carboxylic acids is 1. The van der Waals surface area contributed by atoms with Gasteiger partial charge in [-0.05, 0) is 24.3 Å². The second-order valence-corrected chi connectivity index (χ2v) is 3.44. The van der Waals surface area contributed by atoms with Gasteiger partial charge in [-0.25, -0.2) is 0 Å². The molecule has 0 saturated carbocycles. The third-order valence-electron chi connectivity index (χ3n) is 1.48. The molecular weight excluding hydrogens is 186 g/mol. The van der Waals surface area contributed by atoms with Crippen LogP contribution in [0.5, 0.6) is 0 Å². The van der Waals surface area contributed by atoms with Crippen molar-refractivity contribution in [1.82, 2.24) is 0 Å². The zero-order valence-corrected chi connectivity index (χ0v) is 8.14. The van der Waals surface area contributed by atoms with Crippen molar-refractivity contribution in [2.75, 3.05) is 13.0 Å². The number of hydrogen-bond acceptors (Lipinski definition) is 3. The van der Waals surface area contributed by atoms with Gasteiger partial charge in [-0.2, -0.15) is 0 Å². The van der Waals surface area contributed by atoms with Crippen LogP contribution in [-0.2, 0) is 4.74 Å². The largest absolute Gasteiger partial charge is 0.374 e. The van der Waals surface area contributed by atoms with E-state index in [1.165, 1.54) is 0 Å². The number of nitrogens with two attached hydrogens (primary N) is 1. The van der Waals surface area contributed by atoms with Gasteiger partial charge in [0.15, 0.2) is 0 Å². The van der Waals surface area contributed by atoms with E-state index in [0.29, 0.717) is 11.5 Å². The number of benzene rings is 1. The summed E-state index contributed by atoms with van der Waals surface area (Å²) in [5.74, 6) is 0.207. The summed E-state index contributed by atoms with van der Waals surface area (Å²) in [4.78, 5) is 11.8. The summed E-state index contributed by atoms with van der Waals surface area (Å²) in [5, 5.41) is 0. The number of methoxy groups -OCH3 is 1. The van der Waals surface area contributed by atoms with Gasteiger partial charge in [0.05, 0.1) is 5.94 Å². The van der Waals surface area contributed by atoms with Crippen LogP contribution in [0.15, 0.2) is 29.2 Å². The summed E-state index contributed by atoms with van der Waals surface area (Å²) < 4.78 is 4.89. The highest BCUT2D eigenvalue weighted by atomic mass is 32.2. The van der Waals surface area contributed by atoms with Gasteiger partial charge >= 0.3 is 0 Å². The van der Waals surface area contributed by atoms with Crippen molar-refractivity contribution in [3.8, 4) is 0 Å². The summed E-state index contributed by atoms with van der Waals surface area (Å²) in [7, 11) is 1.64. The summed E-state index contributed by atoms with van der Waals surface area (Å²) in [6, 6.07) is 7.12. The van der Waals surface area contributed by atoms with Crippen LogP contribution in [0.4, 0.5) is 0 Å². The molecule has 0 aliphatic rings. The maximum Gasteiger partial charge on any atom is 0.248 e. The van der Waals surface area contributed by atoms with E-state index in [0.717, 1.165) is 4.90 Å². The average Bonchev–Trinajstić information content (AvgIpc) is 2.15. The molecule has 4 heteroatoms. The Hall–Kier alpha value is -1.00. The van der Waals surface area contributed by atoms with E-state index in [1.54, 1.807) is 31.0 Å². The number of amides is 1. The number of thioether (sulfide) groups is 1. The third-order valence-corrected chi connectivity index (χ3v) is 2.44. The number of carbonyl (C=O) groups is 1. The molecule has 1 amide bonds. The topological polar surface area (TPSA) is 52.3 Å². The van der Waals surface area contributed by atoms with E-state index in [2.05, 4.69) is 0 Å².